The van der Waals surface area contributed by atoms with Crippen molar-refractivity contribution in [1.82, 2.24) is 14.5 Å². The second-order valence-corrected chi connectivity index (χ2v) is 9.50. The van der Waals surface area contributed by atoms with E-state index in [9.17, 15) is 4.79 Å². The SMILES string of the molecule is CC(=O)N1CCN(c2ccc(OC[C@H]3CO[C@](Cn4ccnc4)(c4ccc(Cl)cc4Cl)O3)cc2)C1. The Labute approximate surface area is 213 Å². The number of aromatic nitrogens is 2. The standard InChI is InChI=1S/C25H26Cl2N4O4/c1-18(32)30-10-11-31(17-30)20-3-5-21(6-4-20)33-13-22-14-34-25(35-22,15-29-9-8-28-16-29)23-7-2-19(26)12-24(23)27/h2-9,12,16,22H,10-11,13-15,17H2,1H3/t22-,25-/m0/s1. The molecular formula is C25H26Cl2N4O4. The molecule has 0 N–H and O–H groups in total. The summed E-state index contributed by atoms with van der Waals surface area (Å²) < 4.78 is 20.5. The van der Waals surface area contributed by atoms with Crippen LogP contribution in [0.25, 0.3) is 0 Å². The lowest BCUT2D eigenvalue weighted by Gasteiger charge is -2.30. The van der Waals surface area contributed by atoms with E-state index in [-0.39, 0.29) is 12.0 Å². The summed E-state index contributed by atoms with van der Waals surface area (Å²) >= 11 is 12.6. The molecular weight excluding hydrogens is 491 g/mol. The summed E-state index contributed by atoms with van der Waals surface area (Å²) in [7, 11) is 0. The van der Waals surface area contributed by atoms with E-state index >= 15 is 0 Å². The molecule has 0 unspecified atom stereocenters. The van der Waals surface area contributed by atoms with Crippen molar-refractivity contribution in [1.29, 1.82) is 0 Å². The molecule has 3 aromatic rings. The molecule has 2 aliphatic heterocycles. The third kappa shape index (κ3) is 5.26. The Balaban J connectivity index is 1.24. The van der Waals surface area contributed by atoms with Gasteiger partial charge in [0.1, 0.15) is 18.5 Å². The quantitative estimate of drug-likeness (QED) is 0.469. The van der Waals surface area contributed by atoms with Gasteiger partial charge in [-0.25, -0.2) is 4.98 Å². The summed E-state index contributed by atoms with van der Waals surface area (Å²) in [5.74, 6) is -0.259. The summed E-state index contributed by atoms with van der Waals surface area (Å²) in [5.41, 5.74) is 1.76. The molecule has 3 heterocycles. The minimum absolute atomic E-state index is 0.0928. The smallest absolute Gasteiger partial charge is 0.220 e. The topological polar surface area (TPSA) is 69.1 Å². The van der Waals surface area contributed by atoms with E-state index in [0.717, 1.165) is 24.5 Å². The highest BCUT2D eigenvalue weighted by Crippen LogP contribution is 2.40. The van der Waals surface area contributed by atoms with Crippen LogP contribution in [-0.4, -0.2) is 59.4 Å². The van der Waals surface area contributed by atoms with Crippen molar-refractivity contribution in [3.8, 4) is 5.75 Å². The second-order valence-electron chi connectivity index (χ2n) is 8.66. The Morgan fingerprint density at radius 1 is 1.20 bits per heavy atom. The summed E-state index contributed by atoms with van der Waals surface area (Å²) in [4.78, 5) is 19.7. The predicted octanol–water partition coefficient (Wildman–Crippen LogP) is 4.16. The van der Waals surface area contributed by atoms with Crippen LogP contribution in [0.15, 0.2) is 61.2 Å². The monoisotopic (exact) mass is 516 g/mol. The third-order valence-corrected chi connectivity index (χ3v) is 6.76. The first-order valence-corrected chi connectivity index (χ1v) is 12.1. The van der Waals surface area contributed by atoms with Gasteiger partial charge in [0, 0.05) is 48.7 Å². The zero-order chi connectivity index (χ0) is 24.4. The fourth-order valence-electron chi connectivity index (χ4n) is 4.37. The summed E-state index contributed by atoms with van der Waals surface area (Å²) in [6, 6.07) is 13.1. The Bertz CT molecular complexity index is 1170. The van der Waals surface area contributed by atoms with E-state index in [2.05, 4.69) is 9.88 Å². The van der Waals surface area contributed by atoms with E-state index in [0.29, 0.717) is 42.0 Å². The lowest BCUT2D eigenvalue weighted by atomic mass is 10.1. The third-order valence-electron chi connectivity index (χ3n) is 6.22. The van der Waals surface area contributed by atoms with Gasteiger partial charge >= 0.3 is 0 Å². The number of hydrogen-bond donors (Lipinski definition) is 0. The van der Waals surface area contributed by atoms with Gasteiger partial charge in [0.05, 0.1) is 31.2 Å². The minimum atomic E-state index is -1.08. The second kappa shape index (κ2) is 10.1. The Kier molecular flexibility index (Phi) is 6.88. The van der Waals surface area contributed by atoms with Gasteiger partial charge in [0.15, 0.2) is 0 Å². The number of imidazole rings is 1. The van der Waals surface area contributed by atoms with E-state index in [4.69, 9.17) is 37.4 Å². The molecule has 1 aromatic heterocycles. The molecule has 0 aliphatic carbocycles. The highest BCUT2D eigenvalue weighted by molar-refractivity contribution is 6.35. The van der Waals surface area contributed by atoms with Crippen LogP contribution >= 0.6 is 23.2 Å². The number of anilines is 1. The molecule has 1 amide bonds. The first-order valence-electron chi connectivity index (χ1n) is 11.4. The average molecular weight is 517 g/mol. The molecule has 10 heteroatoms. The van der Waals surface area contributed by atoms with Gasteiger partial charge in [-0.1, -0.05) is 29.3 Å². The van der Waals surface area contributed by atoms with Gasteiger partial charge < -0.3 is 28.6 Å². The molecule has 35 heavy (non-hydrogen) atoms. The maximum absolute atomic E-state index is 11.6. The van der Waals surface area contributed by atoms with Gasteiger partial charge in [-0.2, -0.15) is 0 Å². The zero-order valence-electron chi connectivity index (χ0n) is 19.3. The summed E-state index contributed by atoms with van der Waals surface area (Å²) in [5, 5.41) is 1.01. The van der Waals surface area contributed by atoms with E-state index in [1.54, 1.807) is 31.6 Å². The van der Waals surface area contributed by atoms with E-state index in [1.165, 1.54) is 0 Å². The maximum atomic E-state index is 11.6. The molecule has 2 aromatic carbocycles. The van der Waals surface area contributed by atoms with Crippen molar-refractivity contribution in [3.05, 3.63) is 76.8 Å². The summed E-state index contributed by atoms with van der Waals surface area (Å²) in [6.07, 6.45) is 4.96. The van der Waals surface area contributed by atoms with E-state index in [1.807, 2.05) is 46.0 Å². The number of carbonyl (C=O) groups is 1. The minimum Gasteiger partial charge on any atom is -0.491 e. The Morgan fingerprint density at radius 2 is 2.03 bits per heavy atom. The first kappa shape index (κ1) is 23.9. The molecule has 2 aliphatic rings. The molecule has 2 atom stereocenters. The first-order chi connectivity index (χ1) is 16.9. The lowest BCUT2D eigenvalue weighted by Crippen LogP contribution is -2.34. The Morgan fingerprint density at radius 3 is 2.71 bits per heavy atom. The molecule has 2 saturated heterocycles. The largest absolute Gasteiger partial charge is 0.491 e. The molecule has 8 nitrogen and oxygen atoms in total. The molecule has 0 radical (unpaired) electrons. The van der Waals surface area contributed by atoms with Crippen LogP contribution < -0.4 is 9.64 Å². The number of hydrogen-bond acceptors (Lipinski definition) is 6. The lowest BCUT2D eigenvalue weighted by molar-refractivity contribution is -0.189. The van der Waals surface area contributed by atoms with Crippen molar-refractivity contribution in [2.24, 2.45) is 0 Å². The average Bonchev–Trinajstić information content (AvgIpc) is 3.60. The van der Waals surface area contributed by atoms with Gasteiger partial charge in [-0.3, -0.25) is 4.79 Å². The molecule has 0 bridgehead atoms. The van der Waals surface area contributed by atoms with E-state index < -0.39 is 5.79 Å². The van der Waals surface area contributed by atoms with Gasteiger partial charge in [0.25, 0.3) is 0 Å². The number of ether oxygens (including phenoxy) is 3. The van der Waals surface area contributed by atoms with Gasteiger partial charge in [-0.05, 0) is 36.4 Å². The van der Waals surface area contributed by atoms with Crippen LogP contribution in [0.5, 0.6) is 5.75 Å². The predicted molar refractivity (Wildman–Crippen MR) is 133 cm³/mol. The molecule has 184 valence electrons. The van der Waals surface area contributed by atoms with Crippen LogP contribution in [0.4, 0.5) is 5.69 Å². The molecule has 5 rings (SSSR count). The van der Waals surface area contributed by atoms with Crippen LogP contribution in [0.2, 0.25) is 10.0 Å². The summed E-state index contributed by atoms with van der Waals surface area (Å²) in [6.45, 7) is 4.81. The number of nitrogens with zero attached hydrogens (tertiary/aromatic N) is 4. The molecule has 0 spiro atoms. The van der Waals surface area contributed by atoms with Crippen molar-refractivity contribution >= 4 is 34.8 Å². The highest BCUT2D eigenvalue weighted by atomic mass is 35.5. The van der Waals surface area contributed by atoms with Crippen molar-refractivity contribution in [3.63, 3.8) is 0 Å². The Hall–Kier alpha value is -2.78. The van der Waals surface area contributed by atoms with Crippen molar-refractivity contribution in [2.45, 2.75) is 25.4 Å². The normalized spacial score (nSPS) is 22.1. The number of halogens is 2. The van der Waals surface area contributed by atoms with Crippen LogP contribution in [0.3, 0.4) is 0 Å². The van der Waals surface area contributed by atoms with Crippen LogP contribution in [0, 0.1) is 0 Å². The highest BCUT2D eigenvalue weighted by Gasteiger charge is 2.45. The van der Waals surface area contributed by atoms with Gasteiger partial charge in [0.2, 0.25) is 11.7 Å². The fourth-order valence-corrected chi connectivity index (χ4v) is 4.93. The molecule has 0 saturated carbocycles. The van der Waals surface area contributed by atoms with Crippen LogP contribution in [0.1, 0.15) is 12.5 Å². The van der Waals surface area contributed by atoms with Crippen molar-refractivity contribution in [2.75, 3.05) is 37.9 Å². The van der Waals surface area contributed by atoms with Crippen LogP contribution in [-0.2, 0) is 26.6 Å². The fraction of sp³-hybridized carbons (Fsp3) is 0.360. The number of amides is 1. The number of carbonyl (C=O) groups excluding carboxylic acids is 1. The number of rotatable bonds is 7. The molecule has 2 fully saturated rings. The van der Waals surface area contributed by atoms with Gasteiger partial charge in [-0.15, -0.1) is 0 Å². The maximum Gasteiger partial charge on any atom is 0.220 e. The number of benzene rings is 2. The zero-order valence-corrected chi connectivity index (χ0v) is 20.8. The van der Waals surface area contributed by atoms with Crippen molar-refractivity contribution < 1.29 is 19.0 Å².